The fourth-order valence-corrected chi connectivity index (χ4v) is 11.8. The van der Waals surface area contributed by atoms with Crippen LogP contribution in [0.3, 0.4) is 0 Å². The number of carbonyl (C=O) groups is 11. The van der Waals surface area contributed by atoms with Crippen molar-refractivity contribution in [3.8, 4) is 0 Å². The predicted molar refractivity (Wildman–Crippen MR) is 331 cm³/mol. The van der Waals surface area contributed by atoms with E-state index in [4.69, 9.17) is 15.2 Å². The molecule has 0 saturated carbocycles. The highest BCUT2D eigenvalue weighted by atomic mass is 16.5. The largest absolute Gasteiger partial charge is 0.480 e. The Morgan fingerprint density at radius 3 is 1.91 bits per heavy atom. The van der Waals surface area contributed by atoms with E-state index in [2.05, 4.69) is 31.9 Å². The van der Waals surface area contributed by atoms with E-state index in [0.29, 0.717) is 45.1 Å². The molecule has 0 spiro atoms. The van der Waals surface area contributed by atoms with Gasteiger partial charge in [0, 0.05) is 78.5 Å². The van der Waals surface area contributed by atoms with Crippen molar-refractivity contribution in [2.75, 3.05) is 54.5 Å². The van der Waals surface area contributed by atoms with Gasteiger partial charge < -0.3 is 62.0 Å². The molecule has 2 heterocycles. The molecular weight excluding hydrogens is 1130 g/mol. The first-order valence-electron chi connectivity index (χ1n) is 31.2. The van der Waals surface area contributed by atoms with Crippen LogP contribution in [0.4, 0.5) is 4.79 Å². The quantitative estimate of drug-likeness (QED) is 0.0347. The molecule has 1 aromatic carbocycles. The lowest BCUT2D eigenvalue weighted by molar-refractivity contribution is -0.148. The average Bonchev–Trinajstić information content (AvgIpc) is 3.44. The summed E-state index contributed by atoms with van der Waals surface area (Å²) in [7, 11) is 6.34. The number of nitrogens with two attached hydrogens (primary N) is 1. The highest BCUT2D eigenvalue weighted by Crippen LogP contribution is 2.30. The summed E-state index contributed by atoms with van der Waals surface area (Å²) in [6.07, 6.45) is 4.58. The molecule has 3 rings (SSSR count). The van der Waals surface area contributed by atoms with Crippen LogP contribution in [0.1, 0.15) is 139 Å². The molecule has 1 fully saturated rings. The first-order valence-corrected chi connectivity index (χ1v) is 31.2. The summed E-state index contributed by atoms with van der Waals surface area (Å²) in [5.41, 5.74) is 6.02. The fourth-order valence-electron chi connectivity index (χ4n) is 11.8. The van der Waals surface area contributed by atoms with Gasteiger partial charge in [-0.25, -0.2) is 9.59 Å². The average molecular weight is 1240 g/mol. The Kier molecular flexibility index (Phi) is 31.7. The number of likely N-dealkylation sites (tertiary alicyclic amines) is 1. The van der Waals surface area contributed by atoms with E-state index in [1.807, 2.05) is 47.6 Å². The SMILES string of the molecule is CC[C@H](C)[C@@H]([C@@H](CC(=O)N1CCC[C@H]1[C@H](OC)[C@@H](C)C(=O)N[C@@H](Cc1ccccc1)C(=O)O)OC)N(C)C(=O)[C@@H](NC(=O)[C@H](C(C)C)N(C)C[C@@H](C)NC(=O)[C@H](CCCNC(N)=O)NC(=O)[C@@H](NC(=O)CCCCCN1C(=O)C=CC1=O)C(C)C)C(C)C. The van der Waals surface area contributed by atoms with Crippen LogP contribution in [-0.4, -0.2) is 205 Å². The molecule has 0 radical (unpaired) electrons. The smallest absolute Gasteiger partial charge is 0.326 e. The Morgan fingerprint density at radius 2 is 1.35 bits per heavy atom. The zero-order valence-electron chi connectivity index (χ0n) is 54.4. The highest BCUT2D eigenvalue weighted by Gasteiger charge is 2.44. The van der Waals surface area contributed by atoms with Gasteiger partial charge in [0.25, 0.3) is 11.8 Å². The van der Waals surface area contributed by atoms with Gasteiger partial charge in [-0.2, -0.15) is 0 Å². The minimum Gasteiger partial charge on any atom is -0.480 e. The molecule has 2 aliphatic rings. The zero-order chi connectivity index (χ0) is 66.1. The number of hydrogen-bond donors (Lipinski definition) is 8. The number of urea groups is 1. The van der Waals surface area contributed by atoms with Gasteiger partial charge in [-0.1, -0.05) is 105 Å². The van der Waals surface area contributed by atoms with Gasteiger partial charge in [-0.15, -0.1) is 0 Å². The number of benzene rings is 1. The van der Waals surface area contributed by atoms with Crippen molar-refractivity contribution in [3.63, 3.8) is 0 Å². The van der Waals surface area contributed by atoms with Crippen molar-refractivity contribution in [1.82, 2.24) is 51.5 Å². The third kappa shape index (κ3) is 22.9. The number of unbranched alkanes of at least 4 members (excludes halogenated alkanes) is 2. The summed E-state index contributed by atoms with van der Waals surface area (Å²) < 4.78 is 12.0. The number of hydrogen-bond acceptors (Lipinski definition) is 14. The van der Waals surface area contributed by atoms with Gasteiger partial charge in [0.05, 0.1) is 42.7 Å². The summed E-state index contributed by atoms with van der Waals surface area (Å²) in [4.78, 5) is 152. The predicted octanol–water partition coefficient (Wildman–Crippen LogP) is 2.88. The van der Waals surface area contributed by atoms with Crippen LogP contribution >= 0.6 is 0 Å². The van der Waals surface area contributed by atoms with E-state index in [9.17, 15) is 57.8 Å². The molecule has 494 valence electrons. The van der Waals surface area contributed by atoms with Gasteiger partial charge in [-0.05, 0) is 81.7 Å². The van der Waals surface area contributed by atoms with E-state index >= 15 is 0 Å². The third-order valence-electron chi connectivity index (χ3n) is 16.8. The molecule has 88 heavy (non-hydrogen) atoms. The molecule has 0 aliphatic carbocycles. The van der Waals surface area contributed by atoms with Gasteiger partial charge in [0.1, 0.15) is 24.2 Å². The number of nitrogens with one attached hydrogen (secondary N) is 6. The normalized spacial score (nSPS) is 18.0. The molecule has 1 saturated heterocycles. The first kappa shape index (κ1) is 75.3. The summed E-state index contributed by atoms with van der Waals surface area (Å²) in [6, 6.07) is 1.42. The summed E-state index contributed by atoms with van der Waals surface area (Å²) in [6.45, 7) is 19.2. The molecular formula is C63H103N11O14. The zero-order valence-corrected chi connectivity index (χ0v) is 54.4. The number of methoxy groups -OCH3 is 2. The standard InChI is InChI=1S/C63H103N11O14/c1-15-40(8)55(47(87-13)35-51(78)73-33-23-27-46(73)56(88-14)42(10)57(79)68-45(62(84)85)34-43-24-18-16-19-25-43)72(12)61(83)53(38(4)5)70-60(82)54(39(6)7)71(11)36-41(9)66-58(80)44(26-22-31-65-63(64)86)67-59(81)52(37(2)3)69-48(75)28-20-17-21-32-74-49(76)29-30-50(74)77/h16,18-19,24-25,29-30,37-42,44-47,52-56H,15,17,20-23,26-28,31-36H2,1-14H3,(H,66,80)(H,67,81)(H,68,79)(H,69,75)(H,70,82)(H,84,85)(H3,64,65,86)/t40-,41+,42+,44-,45-,46-,47+,52-,53-,54-,55-,56+/m0/s1. The minimum absolute atomic E-state index is 0.0822. The second kappa shape index (κ2) is 37.1. The lowest BCUT2D eigenvalue weighted by Gasteiger charge is -2.41. The molecule has 0 bridgehead atoms. The van der Waals surface area contributed by atoms with Crippen LogP contribution < -0.4 is 37.6 Å². The summed E-state index contributed by atoms with van der Waals surface area (Å²) in [5, 5.41) is 26.8. The van der Waals surface area contributed by atoms with Gasteiger partial charge in [0.2, 0.25) is 41.4 Å². The topological polar surface area (TPSA) is 338 Å². The Hall–Kier alpha value is -6.99. The Morgan fingerprint density at radius 1 is 0.727 bits per heavy atom. The van der Waals surface area contributed by atoms with Crippen molar-refractivity contribution in [3.05, 3.63) is 48.0 Å². The molecule has 2 aliphatic heterocycles. The van der Waals surface area contributed by atoms with E-state index < -0.39 is 108 Å². The number of aliphatic carboxylic acids is 1. The number of carbonyl (C=O) groups excluding carboxylic acids is 10. The maximum Gasteiger partial charge on any atom is 0.326 e. The monoisotopic (exact) mass is 1240 g/mol. The number of nitrogens with zero attached hydrogens (tertiary/aromatic N) is 4. The number of rotatable bonds is 39. The van der Waals surface area contributed by atoms with Crippen molar-refractivity contribution < 1.29 is 67.3 Å². The molecule has 1 aromatic rings. The second-order valence-electron chi connectivity index (χ2n) is 24.7. The number of imide groups is 1. The molecule has 12 atom stereocenters. The maximum absolute atomic E-state index is 14.9. The van der Waals surface area contributed by atoms with Crippen LogP contribution in [-0.2, 0) is 63.8 Å². The van der Waals surface area contributed by atoms with Crippen LogP contribution in [0.25, 0.3) is 0 Å². The Balaban J connectivity index is 1.72. The Labute approximate surface area is 520 Å². The lowest BCUT2D eigenvalue weighted by Crippen LogP contribution is -2.60. The minimum atomic E-state index is -1.19. The van der Waals surface area contributed by atoms with Gasteiger partial charge in [-0.3, -0.25) is 53.0 Å². The maximum atomic E-state index is 14.9. The molecule has 0 aromatic heterocycles. The van der Waals surface area contributed by atoms with Crippen molar-refractivity contribution in [2.24, 2.45) is 35.3 Å². The molecule has 0 unspecified atom stereocenters. The van der Waals surface area contributed by atoms with Crippen molar-refractivity contribution in [1.29, 1.82) is 0 Å². The Bertz CT molecular complexity index is 2510. The van der Waals surface area contributed by atoms with Gasteiger partial charge >= 0.3 is 12.0 Å². The van der Waals surface area contributed by atoms with Crippen LogP contribution in [0.2, 0.25) is 0 Å². The second-order valence-corrected chi connectivity index (χ2v) is 24.7. The molecule has 9 N–H and O–H groups in total. The van der Waals surface area contributed by atoms with E-state index in [1.165, 1.54) is 26.4 Å². The number of ether oxygens (including phenoxy) is 2. The highest BCUT2D eigenvalue weighted by molar-refractivity contribution is 6.12. The van der Waals surface area contributed by atoms with Crippen molar-refractivity contribution >= 4 is 65.2 Å². The number of carboxylic acid groups (broad SMARTS) is 1. The first-order chi connectivity index (χ1) is 41.5. The molecule has 25 nitrogen and oxygen atoms in total. The molecule has 25 heteroatoms. The van der Waals surface area contributed by atoms with Gasteiger partial charge in [0.15, 0.2) is 0 Å². The fraction of sp³-hybridized carbons (Fsp3) is 0.698. The van der Waals surface area contributed by atoms with Crippen LogP contribution in [0.5, 0.6) is 0 Å². The van der Waals surface area contributed by atoms with E-state index in [-0.39, 0.29) is 99.0 Å². The van der Waals surface area contributed by atoms with E-state index in [1.54, 1.807) is 80.8 Å². The number of primary amides is 1. The number of carboxylic acids is 1. The number of likely N-dealkylation sites (N-methyl/N-ethyl adjacent to an activating group) is 2. The van der Waals surface area contributed by atoms with Crippen molar-refractivity contribution in [2.45, 2.75) is 200 Å². The van der Waals surface area contributed by atoms with E-state index in [0.717, 1.165) is 10.5 Å². The lowest BCUT2D eigenvalue weighted by atomic mass is 9.89. The van der Waals surface area contributed by atoms with Crippen LogP contribution in [0, 0.1) is 29.6 Å². The number of amides is 11. The third-order valence-corrected chi connectivity index (χ3v) is 16.8. The summed E-state index contributed by atoms with van der Waals surface area (Å²) in [5.74, 6) is -7.11. The molecule has 11 amide bonds. The summed E-state index contributed by atoms with van der Waals surface area (Å²) >= 11 is 0. The van der Waals surface area contributed by atoms with Crippen LogP contribution in [0.15, 0.2) is 42.5 Å².